The molecule has 1 aromatic carbocycles. The fourth-order valence-corrected chi connectivity index (χ4v) is 1.36. The molecule has 0 saturated heterocycles. The van der Waals surface area contributed by atoms with Crippen LogP contribution in [0.15, 0.2) is 16.6 Å². The predicted octanol–water partition coefficient (Wildman–Crippen LogP) is 1.54. The topological polar surface area (TPSA) is 35.2 Å². The van der Waals surface area contributed by atoms with Crippen LogP contribution in [0.4, 0.5) is 5.69 Å². The average molecular weight is 234 g/mol. The Morgan fingerprint density at radius 3 is 2.73 bits per heavy atom. The third-order valence-corrected chi connectivity index (χ3v) is 2.94. The predicted molar refractivity (Wildman–Crippen MR) is 54.5 cm³/mol. The van der Waals surface area contributed by atoms with Crippen molar-refractivity contribution in [3.05, 3.63) is 16.6 Å². The second-order valence-electron chi connectivity index (χ2n) is 2.12. The Labute approximate surface area is 76.4 Å². The van der Waals surface area contributed by atoms with Crippen LogP contribution in [-0.2, 0) is 0 Å². The zero-order valence-corrected chi connectivity index (χ0v) is 8.84. The second kappa shape index (κ2) is 3.42. The van der Waals surface area contributed by atoms with E-state index in [1.54, 1.807) is 7.11 Å². The van der Waals surface area contributed by atoms with Gasteiger partial charge in [-0.1, -0.05) is 15.9 Å². The molecule has 0 amide bonds. The van der Waals surface area contributed by atoms with Gasteiger partial charge in [-0.3, -0.25) is 0 Å². The van der Waals surface area contributed by atoms with E-state index in [0.717, 1.165) is 9.78 Å². The molecule has 1 aromatic rings. The van der Waals surface area contributed by atoms with Gasteiger partial charge in [-0.2, -0.15) is 0 Å². The summed E-state index contributed by atoms with van der Waals surface area (Å²) in [5.41, 5.74) is 6.28. The molecular formula is C7H9BrNOP. The molecule has 1 atom stereocenters. The first kappa shape index (κ1) is 8.82. The minimum atomic E-state index is 0.644. The molecule has 11 heavy (non-hydrogen) atoms. The maximum atomic E-state index is 5.64. The molecule has 0 aliphatic heterocycles. The summed E-state index contributed by atoms with van der Waals surface area (Å²) in [6.45, 7) is 0. The Morgan fingerprint density at radius 1 is 1.55 bits per heavy atom. The molecule has 1 rings (SSSR count). The van der Waals surface area contributed by atoms with Crippen molar-refractivity contribution >= 4 is 36.2 Å². The molecule has 0 radical (unpaired) electrons. The summed E-state index contributed by atoms with van der Waals surface area (Å²) in [4.78, 5) is 0. The van der Waals surface area contributed by atoms with Crippen molar-refractivity contribution in [2.75, 3.05) is 12.8 Å². The average Bonchev–Trinajstić information content (AvgIpc) is 1.97. The standard InChI is InChI=1S/C7H9BrNOP/c1-10-6-3-7(11)4(8)2-5(6)9/h2-3H,9,11H2,1H3. The van der Waals surface area contributed by atoms with E-state index in [2.05, 4.69) is 25.2 Å². The number of nitrogens with two attached hydrogens (primary N) is 1. The van der Waals surface area contributed by atoms with E-state index in [1.165, 1.54) is 0 Å². The van der Waals surface area contributed by atoms with Crippen LogP contribution in [0.2, 0.25) is 0 Å². The molecular weight excluding hydrogens is 225 g/mol. The molecule has 0 aromatic heterocycles. The number of nitrogen functional groups attached to an aromatic ring is 1. The largest absolute Gasteiger partial charge is 0.495 e. The van der Waals surface area contributed by atoms with Crippen LogP contribution < -0.4 is 15.8 Å². The van der Waals surface area contributed by atoms with Gasteiger partial charge in [0.25, 0.3) is 0 Å². The first-order chi connectivity index (χ1) is 5.15. The van der Waals surface area contributed by atoms with Crippen molar-refractivity contribution < 1.29 is 4.74 Å². The lowest BCUT2D eigenvalue weighted by Gasteiger charge is -2.06. The summed E-state index contributed by atoms with van der Waals surface area (Å²) in [6, 6.07) is 3.69. The van der Waals surface area contributed by atoms with Crippen molar-refractivity contribution in [1.29, 1.82) is 0 Å². The number of hydrogen-bond donors (Lipinski definition) is 1. The Kier molecular flexibility index (Phi) is 2.74. The number of anilines is 1. The molecule has 0 heterocycles. The summed E-state index contributed by atoms with van der Waals surface area (Å²) in [5, 5.41) is 1.04. The molecule has 0 saturated carbocycles. The van der Waals surface area contributed by atoms with E-state index in [0.29, 0.717) is 11.4 Å². The monoisotopic (exact) mass is 233 g/mol. The van der Waals surface area contributed by atoms with Crippen LogP contribution in [0, 0.1) is 0 Å². The minimum absolute atomic E-state index is 0.644. The van der Waals surface area contributed by atoms with Gasteiger partial charge in [0.15, 0.2) is 0 Å². The highest BCUT2D eigenvalue weighted by molar-refractivity contribution is 9.10. The molecule has 2 nitrogen and oxygen atoms in total. The summed E-state index contributed by atoms with van der Waals surface area (Å²) < 4.78 is 5.99. The second-order valence-corrected chi connectivity index (χ2v) is 3.59. The summed E-state index contributed by atoms with van der Waals surface area (Å²) in [7, 11) is 4.19. The maximum absolute atomic E-state index is 5.64. The lowest BCUT2D eigenvalue weighted by atomic mass is 10.3. The molecule has 0 fully saturated rings. The van der Waals surface area contributed by atoms with Crippen LogP contribution in [-0.4, -0.2) is 7.11 Å². The number of hydrogen-bond acceptors (Lipinski definition) is 2. The van der Waals surface area contributed by atoms with Crippen molar-refractivity contribution in [3.8, 4) is 5.75 Å². The first-order valence-electron chi connectivity index (χ1n) is 3.03. The fraction of sp³-hybridized carbons (Fsp3) is 0.143. The quantitative estimate of drug-likeness (QED) is 0.590. The lowest BCUT2D eigenvalue weighted by Crippen LogP contribution is -1.99. The van der Waals surface area contributed by atoms with Gasteiger partial charge in [-0.05, 0) is 17.4 Å². The number of benzene rings is 1. The third kappa shape index (κ3) is 1.85. The Bertz CT molecular complexity index is 277. The van der Waals surface area contributed by atoms with Crippen molar-refractivity contribution in [1.82, 2.24) is 0 Å². The van der Waals surface area contributed by atoms with E-state index in [1.807, 2.05) is 12.1 Å². The summed E-state index contributed by atoms with van der Waals surface area (Å²) >= 11 is 3.35. The zero-order chi connectivity index (χ0) is 8.43. The van der Waals surface area contributed by atoms with Crippen LogP contribution in [0.25, 0.3) is 0 Å². The molecule has 60 valence electrons. The highest BCUT2D eigenvalue weighted by Gasteiger charge is 2.01. The van der Waals surface area contributed by atoms with Gasteiger partial charge in [-0.25, -0.2) is 0 Å². The molecule has 4 heteroatoms. The van der Waals surface area contributed by atoms with Crippen molar-refractivity contribution in [3.63, 3.8) is 0 Å². The van der Waals surface area contributed by atoms with E-state index < -0.39 is 0 Å². The minimum Gasteiger partial charge on any atom is -0.495 e. The maximum Gasteiger partial charge on any atom is 0.142 e. The first-order valence-corrected chi connectivity index (χ1v) is 4.40. The SMILES string of the molecule is COc1cc(P)c(Br)cc1N. The van der Waals surface area contributed by atoms with E-state index >= 15 is 0 Å². The number of methoxy groups -OCH3 is 1. The molecule has 0 aliphatic rings. The van der Waals surface area contributed by atoms with Crippen LogP contribution in [0.1, 0.15) is 0 Å². The van der Waals surface area contributed by atoms with Gasteiger partial charge in [0.2, 0.25) is 0 Å². The van der Waals surface area contributed by atoms with Crippen LogP contribution in [0.3, 0.4) is 0 Å². The smallest absolute Gasteiger partial charge is 0.142 e. The summed E-state index contributed by atoms with van der Waals surface area (Å²) in [6.07, 6.45) is 0. The van der Waals surface area contributed by atoms with Gasteiger partial charge in [-0.15, -0.1) is 9.24 Å². The van der Waals surface area contributed by atoms with Crippen LogP contribution >= 0.6 is 25.2 Å². The molecule has 0 spiro atoms. The van der Waals surface area contributed by atoms with Crippen molar-refractivity contribution in [2.45, 2.75) is 0 Å². The van der Waals surface area contributed by atoms with Crippen molar-refractivity contribution in [2.24, 2.45) is 0 Å². The Balaban J connectivity index is 3.21. The Hall–Kier alpha value is -0.270. The Morgan fingerprint density at radius 2 is 2.18 bits per heavy atom. The molecule has 0 bridgehead atoms. The van der Waals surface area contributed by atoms with Gasteiger partial charge >= 0.3 is 0 Å². The third-order valence-electron chi connectivity index (χ3n) is 1.35. The van der Waals surface area contributed by atoms with Gasteiger partial charge in [0.1, 0.15) is 5.75 Å². The summed E-state index contributed by atoms with van der Waals surface area (Å²) in [5.74, 6) is 0.707. The van der Waals surface area contributed by atoms with Gasteiger partial charge in [0.05, 0.1) is 12.8 Å². The van der Waals surface area contributed by atoms with E-state index in [9.17, 15) is 0 Å². The number of rotatable bonds is 1. The van der Waals surface area contributed by atoms with E-state index in [4.69, 9.17) is 10.5 Å². The normalized spacial score (nSPS) is 9.73. The van der Waals surface area contributed by atoms with E-state index in [-0.39, 0.29) is 0 Å². The van der Waals surface area contributed by atoms with Gasteiger partial charge < -0.3 is 10.5 Å². The van der Waals surface area contributed by atoms with Crippen LogP contribution in [0.5, 0.6) is 5.75 Å². The van der Waals surface area contributed by atoms with Gasteiger partial charge in [0, 0.05) is 4.47 Å². The molecule has 0 aliphatic carbocycles. The zero-order valence-electron chi connectivity index (χ0n) is 6.10. The molecule has 2 N–H and O–H groups in total. The molecule has 1 unspecified atom stereocenters. The number of ether oxygens (including phenoxy) is 1. The fourth-order valence-electron chi connectivity index (χ4n) is 0.761. The number of halogens is 1. The lowest BCUT2D eigenvalue weighted by molar-refractivity contribution is 0.417. The highest BCUT2D eigenvalue weighted by Crippen LogP contribution is 2.24. The highest BCUT2D eigenvalue weighted by atomic mass is 79.9.